The summed E-state index contributed by atoms with van der Waals surface area (Å²) in [5, 5.41) is 0. The third-order valence-corrected chi connectivity index (χ3v) is 4.93. The monoisotopic (exact) mass is 373 g/mol. The largest absolute Gasteiger partial charge is 0.514 e. The minimum absolute atomic E-state index is 0.0145. The standard InChI is InChI=1S/C22H29O5/c1-2-3-4-5-9-12-20(24)17-13-14-21(18(15-17)16-23)27-22(25)26-19-10-7-6-8-11-19/h13-15,19H,2-12H2,1H3. The first kappa shape index (κ1) is 21.1. The number of benzene rings is 1. The third kappa shape index (κ3) is 7.16. The van der Waals surface area contributed by atoms with E-state index in [1.54, 1.807) is 12.4 Å². The van der Waals surface area contributed by atoms with Crippen LogP contribution >= 0.6 is 0 Å². The van der Waals surface area contributed by atoms with Gasteiger partial charge in [0.25, 0.3) is 0 Å². The second-order valence-electron chi connectivity index (χ2n) is 7.13. The smallest absolute Gasteiger partial charge is 0.431 e. The Morgan fingerprint density at radius 3 is 2.52 bits per heavy atom. The van der Waals surface area contributed by atoms with E-state index in [1.807, 2.05) is 0 Å². The highest BCUT2D eigenvalue weighted by Crippen LogP contribution is 2.23. The van der Waals surface area contributed by atoms with Crippen molar-refractivity contribution in [1.82, 2.24) is 0 Å². The van der Waals surface area contributed by atoms with E-state index in [2.05, 4.69) is 6.92 Å². The van der Waals surface area contributed by atoms with Gasteiger partial charge in [-0.15, -0.1) is 0 Å². The van der Waals surface area contributed by atoms with Gasteiger partial charge in [0.15, 0.2) is 5.78 Å². The first-order chi connectivity index (χ1) is 13.1. The summed E-state index contributed by atoms with van der Waals surface area (Å²) in [4.78, 5) is 35.5. The maximum absolute atomic E-state index is 12.3. The third-order valence-electron chi connectivity index (χ3n) is 4.93. The molecule has 1 radical (unpaired) electrons. The van der Waals surface area contributed by atoms with Crippen LogP contribution in [0.25, 0.3) is 0 Å². The Morgan fingerprint density at radius 1 is 1.07 bits per heavy atom. The highest BCUT2D eigenvalue weighted by molar-refractivity contribution is 5.98. The lowest BCUT2D eigenvalue weighted by molar-refractivity contribution is 0.0416. The normalized spacial score (nSPS) is 14.6. The summed E-state index contributed by atoms with van der Waals surface area (Å²) in [5.74, 6) is 0.0598. The van der Waals surface area contributed by atoms with Gasteiger partial charge in [0.1, 0.15) is 11.9 Å². The van der Waals surface area contributed by atoms with E-state index in [-0.39, 0.29) is 23.2 Å². The van der Waals surface area contributed by atoms with Crippen molar-refractivity contribution in [2.45, 2.75) is 83.7 Å². The summed E-state index contributed by atoms with van der Waals surface area (Å²) in [6.07, 6.45) is 11.5. The molecule has 5 nitrogen and oxygen atoms in total. The molecule has 0 N–H and O–H groups in total. The van der Waals surface area contributed by atoms with Crippen molar-refractivity contribution in [3.63, 3.8) is 0 Å². The van der Waals surface area contributed by atoms with Gasteiger partial charge in [0, 0.05) is 12.0 Å². The molecule has 0 atom stereocenters. The fourth-order valence-corrected chi connectivity index (χ4v) is 3.34. The molecule has 1 saturated carbocycles. The number of carbonyl (C=O) groups is 2. The minimum Gasteiger partial charge on any atom is -0.431 e. The van der Waals surface area contributed by atoms with Gasteiger partial charge in [0.05, 0.1) is 5.56 Å². The van der Waals surface area contributed by atoms with Crippen molar-refractivity contribution < 1.29 is 23.9 Å². The first-order valence-corrected chi connectivity index (χ1v) is 10.1. The zero-order chi connectivity index (χ0) is 19.5. The fourth-order valence-electron chi connectivity index (χ4n) is 3.34. The number of hydrogen-bond donors (Lipinski definition) is 0. The molecule has 0 aliphatic heterocycles. The molecule has 1 aliphatic rings. The van der Waals surface area contributed by atoms with Crippen molar-refractivity contribution >= 4 is 18.2 Å². The molecule has 0 unspecified atom stereocenters. The maximum Gasteiger partial charge on any atom is 0.514 e. The Kier molecular flexibility index (Phi) is 9.02. The van der Waals surface area contributed by atoms with Gasteiger partial charge in [0.2, 0.25) is 6.29 Å². The van der Waals surface area contributed by atoms with Crippen LogP contribution < -0.4 is 4.74 Å². The van der Waals surface area contributed by atoms with E-state index in [1.165, 1.54) is 18.6 Å². The summed E-state index contributed by atoms with van der Waals surface area (Å²) < 4.78 is 10.5. The quantitative estimate of drug-likeness (QED) is 0.233. The second kappa shape index (κ2) is 11.5. The van der Waals surface area contributed by atoms with Crippen LogP contribution in [0, 0.1) is 0 Å². The molecule has 1 aromatic carbocycles. The predicted molar refractivity (Wildman–Crippen MR) is 103 cm³/mol. The molecular weight excluding hydrogens is 344 g/mol. The molecule has 147 valence electrons. The Bertz CT molecular complexity index is 632. The van der Waals surface area contributed by atoms with E-state index in [4.69, 9.17) is 9.47 Å². The van der Waals surface area contributed by atoms with E-state index < -0.39 is 6.16 Å². The van der Waals surface area contributed by atoms with Crippen molar-refractivity contribution in [1.29, 1.82) is 0 Å². The van der Waals surface area contributed by atoms with Crippen molar-refractivity contribution in [2.24, 2.45) is 0 Å². The van der Waals surface area contributed by atoms with Crippen molar-refractivity contribution in [3.05, 3.63) is 29.3 Å². The molecule has 1 aromatic rings. The molecule has 27 heavy (non-hydrogen) atoms. The average Bonchev–Trinajstić information content (AvgIpc) is 2.68. The van der Waals surface area contributed by atoms with Gasteiger partial charge in [-0.25, -0.2) is 4.79 Å². The van der Waals surface area contributed by atoms with Gasteiger partial charge in [-0.1, -0.05) is 39.0 Å². The zero-order valence-electron chi connectivity index (χ0n) is 16.1. The second-order valence-corrected chi connectivity index (χ2v) is 7.13. The average molecular weight is 373 g/mol. The summed E-state index contributed by atoms with van der Waals surface area (Å²) in [6, 6.07) is 4.48. The van der Waals surface area contributed by atoms with Crippen LogP contribution in [0.4, 0.5) is 4.79 Å². The molecule has 0 aromatic heterocycles. The van der Waals surface area contributed by atoms with Gasteiger partial charge in [-0.05, 0) is 50.3 Å². The van der Waals surface area contributed by atoms with E-state index in [0.29, 0.717) is 12.0 Å². The van der Waals surface area contributed by atoms with Crippen LogP contribution in [0.3, 0.4) is 0 Å². The Labute approximate surface area is 161 Å². The highest BCUT2D eigenvalue weighted by atomic mass is 16.7. The Morgan fingerprint density at radius 2 is 1.81 bits per heavy atom. The number of unbranched alkanes of at least 4 members (excludes halogenated alkanes) is 4. The topological polar surface area (TPSA) is 69.7 Å². The number of carbonyl (C=O) groups excluding carboxylic acids is 3. The summed E-state index contributed by atoms with van der Waals surface area (Å²) in [5.41, 5.74) is 0.504. The molecule has 5 heteroatoms. The van der Waals surface area contributed by atoms with E-state index in [9.17, 15) is 14.4 Å². The van der Waals surface area contributed by atoms with Crippen molar-refractivity contribution in [3.8, 4) is 5.75 Å². The number of hydrogen-bond acceptors (Lipinski definition) is 5. The summed E-state index contributed by atoms with van der Waals surface area (Å²) in [6.45, 7) is 2.15. The van der Waals surface area contributed by atoms with Crippen molar-refractivity contribution in [2.75, 3.05) is 0 Å². The SMILES string of the molecule is CCCCCCCC(=O)c1ccc(OC(=O)OC2CCCCC2)c([C]=O)c1. The van der Waals surface area contributed by atoms with Crippen LogP contribution in [-0.2, 0) is 9.53 Å². The number of ketones is 1. The van der Waals surface area contributed by atoms with Gasteiger partial charge in [-0.2, -0.15) is 0 Å². The van der Waals surface area contributed by atoms with Crippen LogP contribution in [0.2, 0.25) is 0 Å². The zero-order valence-corrected chi connectivity index (χ0v) is 16.1. The van der Waals surface area contributed by atoms with Gasteiger partial charge < -0.3 is 9.47 Å². The number of ether oxygens (including phenoxy) is 2. The van der Waals surface area contributed by atoms with Crippen LogP contribution in [0.15, 0.2) is 18.2 Å². The molecule has 0 spiro atoms. The van der Waals surface area contributed by atoms with Crippen LogP contribution in [-0.4, -0.2) is 24.3 Å². The maximum atomic E-state index is 12.3. The molecule has 0 amide bonds. The van der Waals surface area contributed by atoms with E-state index in [0.717, 1.165) is 57.8 Å². The van der Waals surface area contributed by atoms with Crippen LogP contribution in [0.5, 0.6) is 5.75 Å². The molecule has 0 bridgehead atoms. The first-order valence-electron chi connectivity index (χ1n) is 10.1. The molecule has 0 saturated heterocycles. The van der Waals surface area contributed by atoms with Gasteiger partial charge in [-0.3, -0.25) is 9.59 Å². The lowest BCUT2D eigenvalue weighted by Gasteiger charge is -2.21. The minimum atomic E-state index is -0.812. The molecule has 2 rings (SSSR count). The lowest BCUT2D eigenvalue weighted by Crippen LogP contribution is -2.23. The molecule has 1 fully saturated rings. The lowest BCUT2D eigenvalue weighted by atomic mass is 9.98. The van der Waals surface area contributed by atoms with E-state index >= 15 is 0 Å². The molecule has 1 aliphatic carbocycles. The summed E-state index contributed by atoms with van der Waals surface area (Å²) >= 11 is 0. The van der Waals surface area contributed by atoms with Gasteiger partial charge >= 0.3 is 6.16 Å². The number of rotatable bonds is 10. The predicted octanol–water partition coefficient (Wildman–Crippen LogP) is 5.54. The molecule has 0 heterocycles. The molecular formula is C22H29O5. The highest BCUT2D eigenvalue weighted by Gasteiger charge is 2.20. The fraction of sp³-hybridized carbons (Fsp3) is 0.591. The number of Topliss-reactive ketones (excluding diaryl/α,β-unsaturated/α-hetero) is 1. The summed E-state index contributed by atoms with van der Waals surface area (Å²) in [7, 11) is 0. The Hall–Kier alpha value is -2.17. The van der Waals surface area contributed by atoms with Crippen LogP contribution in [0.1, 0.15) is 93.5 Å². The Balaban J connectivity index is 1.89.